The monoisotopic (exact) mass is 293 g/mol. The van der Waals surface area contributed by atoms with Crippen molar-refractivity contribution in [3.63, 3.8) is 0 Å². The van der Waals surface area contributed by atoms with E-state index in [0.717, 1.165) is 56.9 Å². The second kappa shape index (κ2) is 5.69. The summed E-state index contributed by atoms with van der Waals surface area (Å²) in [5.74, 6) is 1.91. The molecular weight excluding hydrogens is 266 g/mol. The minimum atomic E-state index is -0.335. The molecule has 1 atom stereocenters. The highest BCUT2D eigenvalue weighted by atomic mass is 16.5. The molecule has 21 heavy (non-hydrogen) atoms. The van der Waals surface area contributed by atoms with Crippen LogP contribution in [0.5, 0.6) is 0 Å². The molecule has 3 rings (SSSR count). The Morgan fingerprint density at radius 3 is 2.67 bits per heavy atom. The zero-order valence-corrected chi connectivity index (χ0v) is 13.4. The van der Waals surface area contributed by atoms with Gasteiger partial charge < -0.3 is 14.6 Å². The summed E-state index contributed by atoms with van der Waals surface area (Å²) in [6.45, 7) is 9.37. The first-order chi connectivity index (χ1) is 10.0. The lowest BCUT2D eigenvalue weighted by Gasteiger charge is -2.41. The van der Waals surface area contributed by atoms with Gasteiger partial charge in [0.25, 0.3) is 0 Å². The van der Waals surface area contributed by atoms with Gasteiger partial charge in [0.05, 0.1) is 5.92 Å². The predicted octanol–water partition coefficient (Wildman–Crippen LogP) is 2.98. The molecule has 0 spiro atoms. The third-order valence-electron chi connectivity index (χ3n) is 5.09. The number of nitrogens with zero attached hydrogens (tertiary/aromatic N) is 2. The van der Waals surface area contributed by atoms with E-state index in [-0.39, 0.29) is 5.60 Å². The summed E-state index contributed by atoms with van der Waals surface area (Å²) in [4.78, 5) is 4.71. The topological polar surface area (TPSA) is 60.2 Å². The van der Waals surface area contributed by atoms with Gasteiger partial charge in [-0.15, -0.1) is 0 Å². The van der Waals surface area contributed by atoms with Crippen LogP contribution in [0.4, 0.5) is 0 Å². The summed E-state index contributed by atoms with van der Waals surface area (Å²) < 4.78 is 11.7. The number of hydrogen-bond donors (Lipinski definition) is 1. The molecule has 0 aromatic carbocycles. The summed E-state index contributed by atoms with van der Waals surface area (Å²) in [7, 11) is 0. The van der Waals surface area contributed by atoms with Gasteiger partial charge in [-0.1, -0.05) is 19.0 Å². The molecule has 5 nitrogen and oxygen atoms in total. The van der Waals surface area contributed by atoms with E-state index in [0.29, 0.717) is 17.9 Å². The molecule has 0 amide bonds. The third kappa shape index (κ3) is 2.99. The normalized spacial score (nSPS) is 27.9. The van der Waals surface area contributed by atoms with Crippen LogP contribution in [-0.2, 0) is 10.3 Å². The van der Waals surface area contributed by atoms with Gasteiger partial charge in [-0.3, -0.25) is 0 Å². The summed E-state index contributed by atoms with van der Waals surface area (Å²) >= 11 is 0. The summed E-state index contributed by atoms with van der Waals surface area (Å²) in [5, 5.41) is 7.63. The second-order valence-corrected chi connectivity index (χ2v) is 7.24. The molecule has 1 aromatic heterocycles. The van der Waals surface area contributed by atoms with Crippen LogP contribution in [-0.4, -0.2) is 29.8 Å². The molecule has 118 valence electrons. The van der Waals surface area contributed by atoms with Gasteiger partial charge in [-0.25, -0.2) is 0 Å². The molecule has 1 unspecified atom stereocenters. The minimum absolute atomic E-state index is 0.335. The van der Waals surface area contributed by atoms with Crippen molar-refractivity contribution in [2.24, 2.45) is 5.41 Å². The zero-order valence-electron chi connectivity index (χ0n) is 13.4. The van der Waals surface area contributed by atoms with Crippen molar-refractivity contribution in [2.75, 3.05) is 19.7 Å². The minimum Gasteiger partial charge on any atom is -0.367 e. The molecule has 1 saturated carbocycles. The maximum absolute atomic E-state index is 6.13. The van der Waals surface area contributed by atoms with Gasteiger partial charge in [0.2, 0.25) is 11.7 Å². The Morgan fingerprint density at radius 2 is 2.05 bits per heavy atom. The second-order valence-electron chi connectivity index (χ2n) is 7.24. The molecule has 2 heterocycles. The Labute approximate surface area is 126 Å². The van der Waals surface area contributed by atoms with Crippen LogP contribution >= 0.6 is 0 Å². The van der Waals surface area contributed by atoms with Gasteiger partial charge in [0.1, 0.15) is 5.60 Å². The summed E-state index contributed by atoms with van der Waals surface area (Å²) in [6.07, 6.45) is 5.32. The first kappa shape index (κ1) is 15.0. The van der Waals surface area contributed by atoms with Crippen molar-refractivity contribution < 1.29 is 9.26 Å². The average Bonchev–Trinajstić information content (AvgIpc) is 3.11. The summed E-state index contributed by atoms with van der Waals surface area (Å²) in [6, 6.07) is 0. The highest BCUT2D eigenvalue weighted by Gasteiger charge is 2.44. The number of hydrogen-bond acceptors (Lipinski definition) is 5. The van der Waals surface area contributed by atoms with Crippen LogP contribution < -0.4 is 5.32 Å². The highest BCUT2D eigenvalue weighted by molar-refractivity contribution is 5.07. The molecule has 0 radical (unpaired) electrons. The van der Waals surface area contributed by atoms with Gasteiger partial charge in [0.15, 0.2) is 0 Å². The molecule has 2 fully saturated rings. The molecule has 1 saturated heterocycles. The fourth-order valence-corrected chi connectivity index (χ4v) is 3.49. The van der Waals surface area contributed by atoms with Crippen molar-refractivity contribution in [1.29, 1.82) is 0 Å². The van der Waals surface area contributed by atoms with Crippen LogP contribution in [0.1, 0.15) is 70.5 Å². The maximum Gasteiger partial charge on any atom is 0.231 e. The molecule has 1 aliphatic heterocycles. The van der Waals surface area contributed by atoms with Crippen LogP contribution in [0.3, 0.4) is 0 Å². The molecule has 1 N–H and O–H groups in total. The molecule has 1 aliphatic carbocycles. The van der Waals surface area contributed by atoms with Crippen molar-refractivity contribution in [2.45, 2.75) is 64.4 Å². The highest BCUT2D eigenvalue weighted by Crippen LogP contribution is 2.46. The van der Waals surface area contributed by atoms with Crippen LogP contribution in [0.2, 0.25) is 0 Å². The SMILES string of the molecule is CCOC1(c2noc(C3CCNC3)n2)CCC(C)(C)CC1. The van der Waals surface area contributed by atoms with Gasteiger partial charge >= 0.3 is 0 Å². The molecular formula is C16H27N3O2. The van der Waals surface area contributed by atoms with Crippen LogP contribution in [0.15, 0.2) is 4.52 Å². The Hall–Kier alpha value is -0.940. The van der Waals surface area contributed by atoms with E-state index in [1.807, 2.05) is 6.92 Å². The first-order valence-electron chi connectivity index (χ1n) is 8.23. The largest absolute Gasteiger partial charge is 0.367 e. The van der Waals surface area contributed by atoms with E-state index in [2.05, 4.69) is 24.3 Å². The van der Waals surface area contributed by atoms with Crippen LogP contribution in [0, 0.1) is 5.41 Å². The molecule has 0 bridgehead atoms. The molecule has 5 heteroatoms. The van der Waals surface area contributed by atoms with Crippen molar-refractivity contribution >= 4 is 0 Å². The Bertz CT molecular complexity index is 468. The van der Waals surface area contributed by atoms with Crippen molar-refractivity contribution in [3.05, 3.63) is 11.7 Å². The Balaban J connectivity index is 1.81. The van der Waals surface area contributed by atoms with Gasteiger partial charge in [0, 0.05) is 13.2 Å². The van der Waals surface area contributed by atoms with E-state index < -0.39 is 0 Å². The summed E-state index contributed by atoms with van der Waals surface area (Å²) in [5.41, 5.74) is 0.0561. The van der Waals surface area contributed by atoms with Crippen LogP contribution in [0.25, 0.3) is 0 Å². The Morgan fingerprint density at radius 1 is 1.29 bits per heavy atom. The van der Waals surface area contributed by atoms with E-state index >= 15 is 0 Å². The maximum atomic E-state index is 6.13. The molecule has 2 aliphatic rings. The first-order valence-corrected chi connectivity index (χ1v) is 8.23. The lowest BCUT2D eigenvalue weighted by atomic mass is 9.70. The molecule has 1 aromatic rings. The fourth-order valence-electron chi connectivity index (χ4n) is 3.49. The number of nitrogens with one attached hydrogen (secondary N) is 1. The fraction of sp³-hybridized carbons (Fsp3) is 0.875. The van der Waals surface area contributed by atoms with Gasteiger partial charge in [-0.2, -0.15) is 4.98 Å². The average molecular weight is 293 g/mol. The quantitative estimate of drug-likeness (QED) is 0.924. The van der Waals surface area contributed by atoms with E-state index in [9.17, 15) is 0 Å². The van der Waals surface area contributed by atoms with E-state index in [1.54, 1.807) is 0 Å². The lowest BCUT2D eigenvalue weighted by molar-refractivity contribution is -0.0957. The van der Waals surface area contributed by atoms with Crippen molar-refractivity contribution in [1.82, 2.24) is 15.5 Å². The standard InChI is InChI=1S/C16H27N3O2/c1-4-20-16(8-6-15(2,3)7-9-16)14-18-13(21-19-14)12-5-10-17-11-12/h12,17H,4-11H2,1-3H3. The third-order valence-corrected chi connectivity index (χ3v) is 5.09. The van der Waals surface area contributed by atoms with Crippen molar-refractivity contribution in [3.8, 4) is 0 Å². The number of aromatic nitrogens is 2. The van der Waals surface area contributed by atoms with Gasteiger partial charge in [-0.05, 0) is 51.0 Å². The predicted molar refractivity (Wildman–Crippen MR) is 80.1 cm³/mol. The zero-order chi connectivity index (χ0) is 14.9. The smallest absolute Gasteiger partial charge is 0.231 e. The number of rotatable bonds is 4. The lowest BCUT2D eigenvalue weighted by Crippen LogP contribution is -2.38. The Kier molecular flexibility index (Phi) is 4.06. The number of ether oxygens (including phenoxy) is 1. The van der Waals surface area contributed by atoms with E-state index in [1.165, 1.54) is 0 Å². The van der Waals surface area contributed by atoms with E-state index in [4.69, 9.17) is 14.2 Å².